The highest BCUT2D eigenvalue weighted by molar-refractivity contribution is 5.92. The fourth-order valence-electron chi connectivity index (χ4n) is 2.37. The maximum Gasteiger partial charge on any atom is 0.325 e. The van der Waals surface area contributed by atoms with Crippen molar-refractivity contribution in [1.29, 1.82) is 0 Å². The number of carbonyl (C=O) groups is 2. The van der Waals surface area contributed by atoms with Crippen LogP contribution in [0.2, 0.25) is 0 Å². The number of hydrogen-bond acceptors (Lipinski definition) is 4. The molecule has 0 radical (unpaired) electrons. The normalized spacial score (nSPS) is 24.5. The van der Waals surface area contributed by atoms with E-state index < -0.39 is 29.9 Å². The Morgan fingerprint density at radius 1 is 1.43 bits per heavy atom. The number of hydrogen-bond donors (Lipinski definition) is 2. The van der Waals surface area contributed by atoms with E-state index in [1.807, 2.05) is 0 Å². The summed E-state index contributed by atoms with van der Waals surface area (Å²) in [5, 5.41) is 17.9. The number of carbonyl (C=O) groups excluding carboxylic acids is 1. The molecular formula is C12H16F2N4O3. The zero-order valence-corrected chi connectivity index (χ0v) is 11.5. The van der Waals surface area contributed by atoms with Crippen LogP contribution in [0, 0.1) is 0 Å². The first-order chi connectivity index (χ1) is 9.73. The lowest BCUT2D eigenvalue weighted by Gasteiger charge is -2.41. The number of rotatable bonds is 4. The number of aliphatic carboxylic acids is 1. The molecule has 1 aliphatic rings. The lowest BCUT2D eigenvalue weighted by atomic mass is 9.79. The quantitative estimate of drug-likeness (QED) is 0.867. The van der Waals surface area contributed by atoms with Crippen molar-refractivity contribution in [2.75, 3.05) is 0 Å². The Kier molecular flexibility index (Phi) is 3.93. The molecule has 0 aromatic carbocycles. The van der Waals surface area contributed by atoms with Gasteiger partial charge in [-0.3, -0.25) is 9.59 Å². The second kappa shape index (κ2) is 5.38. The van der Waals surface area contributed by atoms with E-state index in [0.717, 1.165) is 10.9 Å². The molecule has 1 unspecified atom stereocenters. The lowest BCUT2D eigenvalue weighted by molar-refractivity contribution is -0.137. The smallest absolute Gasteiger partial charge is 0.325 e. The highest BCUT2D eigenvalue weighted by Crippen LogP contribution is 2.41. The van der Waals surface area contributed by atoms with Crippen LogP contribution in [0.25, 0.3) is 0 Å². The summed E-state index contributed by atoms with van der Waals surface area (Å²) in [7, 11) is 0. The third-order valence-corrected chi connectivity index (χ3v) is 3.68. The molecule has 0 aliphatic heterocycles. The molecule has 1 saturated carbocycles. The standard InChI is InChI=1S/C12H16F2N4O3/c1-11(4-2-3-5-12(11,13)14)15-10(21)8-6-18(17-16-8)7-9(19)20/h6H,2-5,7H2,1H3,(H,15,21)(H,19,20). The molecule has 1 aliphatic carbocycles. The third kappa shape index (κ3) is 3.17. The molecule has 0 bridgehead atoms. The predicted molar refractivity (Wildman–Crippen MR) is 66.9 cm³/mol. The van der Waals surface area contributed by atoms with Crippen LogP contribution in [-0.2, 0) is 11.3 Å². The summed E-state index contributed by atoms with van der Waals surface area (Å²) in [6.45, 7) is 0.861. The van der Waals surface area contributed by atoms with E-state index in [0.29, 0.717) is 12.8 Å². The molecule has 1 heterocycles. The maximum atomic E-state index is 14.0. The van der Waals surface area contributed by atoms with Crippen LogP contribution in [0.5, 0.6) is 0 Å². The summed E-state index contributed by atoms with van der Waals surface area (Å²) in [5.41, 5.74) is -1.81. The number of halogens is 2. The first-order valence-electron chi connectivity index (χ1n) is 6.56. The van der Waals surface area contributed by atoms with Gasteiger partial charge in [0.05, 0.1) is 6.20 Å². The summed E-state index contributed by atoms with van der Waals surface area (Å²) in [4.78, 5) is 22.5. The molecule has 7 nitrogen and oxygen atoms in total. The molecule has 0 saturated heterocycles. The monoisotopic (exact) mass is 302 g/mol. The number of nitrogens with zero attached hydrogens (tertiary/aromatic N) is 3. The molecule has 1 fully saturated rings. The summed E-state index contributed by atoms with van der Waals surface area (Å²) >= 11 is 0. The van der Waals surface area contributed by atoms with Gasteiger partial charge in [0.25, 0.3) is 11.8 Å². The molecule has 1 aromatic rings. The van der Waals surface area contributed by atoms with E-state index in [2.05, 4.69) is 15.6 Å². The summed E-state index contributed by atoms with van der Waals surface area (Å²) < 4.78 is 28.9. The minimum absolute atomic E-state index is 0.176. The second-order valence-electron chi connectivity index (χ2n) is 5.39. The molecule has 2 rings (SSSR count). The van der Waals surface area contributed by atoms with Crippen molar-refractivity contribution in [3.63, 3.8) is 0 Å². The van der Waals surface area contributed by atoms with Gasteiger partial charge in [-0.05, 0) is 19.8 Å². The third-order valence-electron chi connectivity index (χ3n) is 3.68. The van der Waals surface area contributed by atoms with E-state index >= 15 is 0 Å². The summed E-state index contributed by atoms with van der Waals surface area (Å²) in [6, 6.07) is 0. The molecule has 1 aromatic heterocycles. The topological polar surface area (TPSA) is 97.1 Å². The van der Waals surface area contributed by atoms with Gasteiger partial charge in [-0.15, -0.1) is 5.10 Å². The fourth-order valence-corrected chi connectivity index (χ4v) is 2.37. The van der Waals surface area contributed by atoms with Crippen LogP contribution in [0.1, 0.15) is 43.1 Å². The van der Waals surface area contributed by atoms with Gasteiger partial charge in [0.15, 0.2) is 5.69 Å². The second-order valence-corrected chi connectivity index (χ2v) is 5.39. The van der Waals surface area contributed by atoms with Crippen LogP contribution in [0.3, 0.4) is 0 Å². The Balaban J connectivity index is 2.10. The van der Waals surface area contributed by atoms with Crippen LogP contribution in [0.15, 0.2) is 6.20 Å². The maximum absolute atomic E-state index is 14.0. The average molecular weight is 302 g/mol. The van der Waals surface area contributed by atoms with Crippen LogP contribution < -0.4 is 5.32 Å². The van der Waals surface area contributed by atoms with E-state index in [1.165, 1.54) is 6.92 Å². The van der Waals surface area contributed by atoms with Crippen molar-refractivity contribution in [1.82, 2.24) is 20.3 Å². The zero-order valence-electron chi connectivity index (χ0n) is 11.5. The number of nitrogens with one attached hydrogen (secondary N) is 1. The van der Waals surface area contributed by atoms with Crippen molar-refractivity contribution in [2.45, 2.75) is 50.6 Å². The molecule has 1 amide bonds. The Hall–Kier alpha value is -2.06. The highest BCUT2D eigenvalue weighted by atomic mass is 19.3. The van der Waals surface area contributed by atoms with Gasteiger partial charge in [0.2, 0.25) is 0 Å². The van der Waals surface area contributed by atoms with Crippen LogP contribution in [-0.4, -0.2) is 43.4 Å². The molecule has 1 atom stereocenters. The summed E-state index contributed by atoms with van der Waals surface area (Å²) in [5.74, 6) is -4.91. The minimum atomic E-state index is -2.99. The number of alkyl halides is 2. The van der Waals surface area contributed by atoms with Gasteiger partial charge in [-0.2, -0.15) is 0 Å². The van der Waals surface area contributed by atoms with Gasteiger partial charge in [0.1, 0.15) is 12.1 Å². The predicted octanol–water partition coefficient (Wildman–Crippen LogP) is 1.06. The van der Waals surface area contributed by atoms with Gasteiger partial charge in [0, 0.05) is 6.42 Å². The van der Waals surface area contributed by atoms with Crippen molar-refractivity contribution in [3.8, 4) is 0 Å². The number of amides is 1. The van der Waals surface area contributed by atoms with Crippen LogP contribution >= 0.6 is 0 Å². The Morgan fingerprint density at radius 3 is 2.71 bits per heavy atom. The Labute approximate surface area is 119 Å². The number of aromatic nitrogens is 3. The van der Waals surface area contributed by atoms with Crippen molar-refractivity contribution in [3.05, 3.63) is 11.9 Å². The molecule has 2 N–H and O–H groups in total. The lowest BCUT2D eigenvalue weighted by Crippen LogP contribution is -2.60. The van der Waals surface area contributed by atoms with Crippen molar-refractivity contribution in [2.24, 2.45) is 0 Å². The number of carboxylic acids is 1. The van der Waals surface area contributed by atoms with Gasteiger partial charge < -0.3 is 10.4 Å². The van der Waals surface area contributed by atoms with E-state index in [9.17, 15) is 18.4 Å². The van der Waals surface area contributed by atoms with Gasteiger partial charge in [-0.1, -0.05) is 11.6 Å². The Morgan fingerprint density at radius 2 is 2.10 bits per heavy atom. The van der Waals surface area contributed by atoms with E-state index in [1.54, 1.807) is 0 Å². The fraction of sp³-hybridized carbons (Fsp3) is 0.667. The number of carboxylic acid groups (broad SMARTS) is 1. The average Bonchev–Trinajstić information content (AvgIpc) is 2.81. The van der Waals surface area contributed by atoms with E-state index in [-0.39, 0.29) is 18.5 Å². The first-order valence-corrected chi connectivity index (χ1v) is 6.56. The highest BCUT2D eigenvalue weighted by Gasteiger charge is 2.52. The first kappa shape index (κ1) is 15.3. The molecule has 9 heteroatoms. The molecule has 0 spiro atoms. The molecular weight excluding hydrogens is 286 g/mol. The molecule has 21 heavy (non-hydrogen) atoms. The van der Waals surface area contributed by atoms with Crippen LogP contribution in [0.4, 0.5) is 8.78 Å². The molecule has 116 valence electrons. The van der Waals surface area contributed by atoms with E-state index in [4.69, 9.17) is 5.11 Å². The van der Waals surface area contributed by atoms with Gasteiger partial charge >= 0.3 is 5.97 Å². The summed E-state index contributed by atoms with van der Waals surface area (Å²) in [6.07, 6.45) is 2.06. The Bertz CT molecular complexity index is 560. The minimum Gasteiger partial charge on any atom is -0.480 e. The zero-order chi connectivity index (χ0) is 15.7. The van der Waals surface area contributed by atoms with Crippen molar-refractivity contribution >= 4 is 11.9 Å². The SMILES string of the molecule is CC1(NC(=O)c2cn(CC(=O)O)nn2)CCCCC1(F)F. The van der Waals surface area contributed by atoms with Gasteiger partial charge in [-0.25, -0.2) is 13.5 Å². The largest absolute Gasteiger partial charge is 0.480 e. The van der Waals surface area contributed by atoms with Crippen molar-refractivity contribution < 1.29 is 23.5 Å².